The lowest BCUT2D eigenvalue weighted by atomic mass is 10.1. The van der Waals surface area contributed by atoms with Gasteiger partial charge in [0.2, 0.25) is 0 Å². The van der Waals surface area contributed by atoms with E-state index < -0.39 is 0 Å². The molecule has 1 atom stereocenters. The number of hydrogen-bond donors (Lipinski definition) is 1. The molecular weight excluding hydrogens is 150 g/mol. The van der Waals surface area contributed by atoms with E-state index in [1.54, 1.807) is 0 Å². The maximum atomic E-state index is 9.83. The number of hydroxylamine groups is 3. The summed E-state index contributed by atoms with van der Waals surface area (Å²) in [5, 5.41) is 9.83. The fourth-order valence-electron chi connectivity index (χ4n) is 1.15. The van der Waals surface area contributed by atoms with Crippen LogP contribution in [0, 0.1) is 5.92 Å². The molecule has 0 fully saturated rings. The monoisotopic (exact) mass is 174 g/mol. The molecule has 0 aromatic rings. The lowest BCUT2D eigenvalue weighted by Gasteiger charge is -2.25. The summed E-state index contributed by atoms with van der Waals surface area (Å²) >= 11 is 0. The van der Waals surface area contributed by atoms with E-state index in [0.717, 1.165) is 32.4 Å². The van der Waals surface area contributed by atoms with Crippen LogP contribution >= 0.6 is 0 Å². The Bertz CT molecular complexity index is 110. The zero-order chi connectivity index (χ0) is 9.61. The average Bonchev–Trinajstić information content (AvgIpc) is 1.98. The van der Waals surface area contributed by atoms with Crippen LogP contribution in [0.1, 0.15) is 40.0 Å². The van der Waals surface area contributed by atoms with Crippen LogP contribution in [0.15, 0.2) is 0 Å². The predicted molar refractivity (Wildman–Crippen MR) is 52.1 cm³/mol. The van der Waals surface area contributed by atoms with Crippen molar-refractivity contribution in [3.63, 3.8) is 0 Å². The molecule has 2 nitrogen and oxygen atoms in total. The van der Waals surface area contributed by atoms with Gasteiger partial charge in [-0.15, -0.1) is 0 Å². The van der Waals surface area contributed by atoms with Gasteiger partial charge < -0.3 is 0 Å². The average molecular weight is 174 g/mol. The van der Waals surface area contributed by atoms with Crippen LogP contribution in [0.3, 0.4) is 0 Å². The summed E-state index contributed by atoms with van der Waals surface area (Å²) in [5.74, 6) is 0.691. The van der Waals surface area contributed by atoms with Gasteiger partial charge in [0.05, 0.1) is 7.05 Å². The second-order valence-corrected chi connectivity index (χ2v) is 4.32. The van der Waals surface area contributed by atoms with E-state index in [2.05, 4.69) is 20.8 Å². The topological polar surface area (TPSA) is 20.2 Å². The minimum absolute atomic E-state index is 0.200. The highest BCUT2D eigenvalue weighted by Gasteiger charge is 2.17. The third-order valence-corrected chi connectivity index (χ3v) is 2.18. The second-order valence-electron chi connectivity index (χ2n) is 4.32. The Balaban J connectivity index is 3.56. The van der Waals surface area contributed by atoms with Crippen molar-refractivity contribution in [2.24, 2.45) is 5.92 Å². The zero-order valence-electron chi connectivity index (χ0n) is 9.01. The van der Waals surface area contributed by atoms with E-state index in [9.17, 15) is 5.21 Å². The highest BCUT2D eigenvalue weighted by molar-refractivity contribution is 4.42. The van der Waals surface area contributed by atoms with Crippen LogP contribution < -0.4 is 0 Å². The number of hydrogen-bond acceptors (Lipinski definition) is 1. The minimum atomic E-state index is 0.200. The molecular formula is C10H24NO+. The normalized spacial score (nSPS) is 16.5. The summed E-state index contributed by atoms with van der Waals surface area (Å²) in [6, 6.07) is 0. The maximum absolute atomic E-state index is 9.83. The lowest BCUT2D eigenvalue weighted by Crippen LogP contribution is -2.42. The Morgan fingerprint density at radius 2 is 1.83 bits per heavy atom. The zero-order valence-corrected chi connectivity index (χ0v) is 9.01. The van der Waals surface area contributed by atoms with Crippen molar-refractivity contribution in [3.8, 4) is 0 Å². The van der Waals surface area contributed by atoms with E-state index in [1.807, 2.05) is 7.05 Å². The molecule has 0 rings (SSSR count). The molecule has 2 heteroatoms. The Morgan fingerprint density at radius 1 is 1.25 bits per heavy atom. The number of quaternary nitrogens is 1. The smallest absolute Gasteiger partial charge is 0.109 e. The van der Waals surface area contributed by atoms with E-state index >= 15 is 0 Å². The quantitative estimate of drug-likeness (QED) is 0.485. The SMILES string of the molecule is CCCC[N+](C)(O)CCC(C)C. The van der Waals surface area contributed by atoms with Gasteiger partial charge in [0.1, 0.15) is 13.1 Å². The molecule has 0 heterocycles. The molecule has 0 saturated carbocycles. The molecule has 12 heavy (non-hydrogen) atoms. The first kappa shape index (κ1) is 11.9. The molecule has 0 aromatic heterocycles. The molecule has 0 bridgehead atoms. The van der Waals surface area contributed by atoms with Gasteiger partial charge in [0, 0.05) is 6.42 Å². The standard InChI is InChI=1S/C10H24NO/c1-5-6-8-11(4,12)9-7-10(2)3/h10,12H,5-9H2,1-4H3/q+1. The Morgan fingerprint density at radius 3 is 2.25 bits per heavy atom. The largest absolute Gasteiger partial charge is 0.217 e. The number of nitrogens with zero attached hydrogens (tertiary/aromatic N) is 1. The summed E-state index contributed by atoms with van der Waals surface area (Å²) in [6.45, 7) is 8.32. The van der Waals surface area contributed by atoms with Crippen LogP contribution in [0.2, 0.25) is 0 Å². The summed E-state index contributed by atoms with van der Waals surface area (Å²) in [7, 11) is 1.90. The second kappa shape index (κ2) is 5.55. The van der Waals surface area contributed by atoms with Crippen LogP contribution in [-0.4, -0.2) is 30.0 Å². The van der Waals surface area contributed by atoms with Crippen molar-refractivity contribution >= 4 is 0 Å². The van der Waals surface area contributed by atoms with Gasteiger partial charge >= 0.3 is 0 Å². The minimum Gasteiger partial charge on any atom is -0.217 e. The third kappa shape index (κ3) is 6.62. The first-order valence-electron chi connectivity index (χ1n) is 5.05. The molecule has 0 radical (unpaired) electrons. The van der Waals surface area contributed by atoms with Gasteiger partial charge in [-0.2, -0.15) is 4.65 Å². The van der Waals surface area contributed by atoms with Crippen molar-refractivity contribution in [1.29, 1.82) is 0 Å². The molecule has 1 unspecified atom stereocenters. The van der Waals surface area contributed by atoms with E-state index in [1.165, 1.54) is 0 Å². The van der Waals surface area contributed by atoms with Gasteiger partial charge in [-0.3, -0.25) is 0 Å². The molecule has 0 aliphatic heterocycles. The van der Waals surface area contributed by atoms with Gasteiger partial charge in [0.25, 0.3) is 0 Å². The molecule has 74 valence electrons. The highest BCUT2D eigenvalue weighted by Crippen LogP contribution is 2.07. The van der Waals surface area contributed by atoms with E-state index in [4.69, 9.17) is 0 Å². The fraction of sp³-hybridized carbons (Fsp3) is 1.00. The van der Waals surface area contributed by atoms with Crippen molar-refractivity contribution in [1.82, 2.24) is 0 Å². The van der Waals surface area contributed by atoms with Crippen molar-refractivity contribution in [2.45, 2.75) is 40.0 Å². The number of rotatable bonds is 6. The summed E-state index contributed by atoms with van der Waals surface area (Å²) in [5.41, 5.74) is 0. The highest BCUT2D eigenvalue weighted by atomic mass is 16.5. The maximum Gasteiger partial charge on any atom is 0.109 e. The van der Waals surface area contributed by atoms with Crippen LogP contribution in [0.25, 0.3) is 0 Å². The molecule has 0 saturated heterocycles. The number of unbranched alkanes of at least 4 members (excludes halogenated alkanes) is 1. The molecule has 0 spiro atoms. The Labute approximate surface area is 76.7 Å². The van der Waals surface area contributed by atoms with Gasteiger partial charge in [-0.1, -0.05) is 27.2 Å². The fourth-order valence-corrected chi connectivity index (χ4v) is 1.15. The first-order chi connectivity index (χ1) is 5.48. The van der Waals surface area contributed by atoms with Gasteiger partial charge in [-0.25, -0.2) is 5.21 Å². The molecule has 0 aromatic carbocycles. The van der Waals surface area contributed by atoms with Crippen LogP contribution in [-0.2, 0) is 0 Å². The van der Waals surface area contributed by atoms with Crippen molar-refractivity contribution < 1.29 is 9.85 Å². The molecule has 0 aliphatic rings. The molecule has 0 amide bonds. The van der Waals surface area contributed by atoms with E-state index in [0.29, 0.717) is 5.92 Å². The van der Waals surface area contributed by atoms with Crippen LogP contribution in [0.4, 0.5) is 0 Å². The molecule has 0 aliphatic carbocycles. The van der Waals surface area contributed by atoms with Crippen LogP contribution in [0.5, 0.6) is 0 Å². The van der Waals surface area contributed by atoms with Gasteiger partial charge in [0.15, 0.2) is 0 Å². The van der Waals surface area contributed by atoms with E-state index in [-0.39, 0.29) is 4.65 Å². The predicted octanol–water partition coefficient (Wildman–Crippen LogP) is 2.67. The summed E-state index contributed by atoms with van der Waals surface area (Å²) < 4.78 is 0.200. The first-order valence-corrected chi connectivity index (χ1v) is 5.05. The summed E-state index contributed by atoms with van der Waals surface area (Å²) in [6.07, 6.45) is 3.39. The van der Waals surface area contributed by atoms with Gasteiger partial charge in [-0.05, 0) is 12.3 Å². The van der Waals surface area contributed by atoms with Crippen molar-refractivity contribution in [3.05, 3.63) is 0 Å². The van der Waals surface area contributed by atoms with Crippen molar-refractivity contribution in [2.75, 3.05) is 20.1 Å². The Kier molecular flexibility index (Phi) is 5.51. The summed E-state index contributed by atoms with van der Waals surface area (Å²) in [4.78, 5) is 0. The molecule has 1 N–H and O–H groups in total. The Hall–Kier alpha value is -0.0800. The third-order valence-electron chi connectivity index (χ3n) is 2.18. The lowest BCUT2D eigenvalue weighted by molar-refractivity contribution is -1.09.